The minimum atomic E-state index is 0.530. The van der Waals surface area contributed by atoms with Gasteiger partial charge < -0.3 is 10.3 Å². The average Bonchev–Trinajstić information content (AvgIpc) is 3.39. The second kappa shape index (κ2) is 4.86. The Balaban J connectivity index is 1.61. The van der Waals surface area contributed by atoms with Crippen LogP contribution in [-0.4, -0.2) is 19.7 Å². The fraction of sp³-hybridized carbons (Fsp3) is 0.500. The SMILES string of the molecule is NCc1ccc(Sc2nnc(C3CC3)n2C2CC2)nc1. The van der Waals surface area contributed by atoms with Crippen molar-refractivity contribution in [2.75, 3.05) is 0 Å². The summed E-state index contributed by atoms with van der Waals surface area (Å²) >= 11 is 1.61. The largest absolute Gasteiger partial charge is 0.326 e. The van der Waals surface area contributed by atoms with Crippen LogP contribution in [0.3, 0.4) is 0 Å². The number of rotatable bonds is 5. The number of nitrogens with zero attached hydrogens (tertiary/aromatic N) is 4. The molecule has 0 amide bonds. The van der Waals surface area contributed by atoms with Gasteiger partial charge in [0.15, 0.2) is 5.16 Å². The molecule has 104 valence electrons. The Morgan fingerprint density at radius 1 is 1.20 bits per heavy atom. The summed E-state index contributed by atoms with van der Waals surface area (Å²) < 4.78 is 2.35. The maximum absolute atomic E-state index is 5.59. The highest BCUT2D eigenvalue weighted by Gasteiger charge is 2.36. The molecule has 0 saturated heterocycles. The van der Waals surface area contributed by atoms with Gasteiger partial charge in [-0.1, -0.05) is 6.07 Å². The molecule has 2 aromatic rings. The van der Waals surface area contributed by atoms with Crippen LogP contribution in [-0.2, 0) is 6.54 Å². The lowest BCUT2D eigenvalue weighted by Gasteiger charge is -2.07. The van der Waals surface area contributed by atoms with Crippen molar-refractivity contribution in [1.29, 1.82) is 0 Å². The summed E-state index contributed by atoms with van der Waals surface area (Å²) in [6.07, 6.45) is 6.87. The summed E-state index contributed by atoms with van der Waals surface area (Å²) in [4.78, 5) is 4.44. The molecule has 0 aromatic carbocycles. The quantitative estimate of drug-likeness (QED) is 0.915. The van der Waals surface area contributed by atoms with Gasteiger partial charge in [-0.25, -0.2) is 4.98 Å². The van der Waals surface area contributed by atoms with Crippen LogP contribution in [0.2, 0.25) is 0 Å². The Bertz CT molecular complexity index is 613. The van der Waals surface area contributed by atoms with Crippen molar-refractivity contribution in [3.63, 3.8) is 0 Å². The van der Waals surface area contributed by atoms with E-state index in [1.165, 1.54) is 31.5 Å². The number of aromatic nitrogens is 4. The molecule has 0 aliphatic heterocycles. The molecule has 2 aliphatic rings. The van der Waals surface area contributed by atoms with Crippen LogP contribution in [0.25, 0.3) is 0 Å². The van der Waals surface area contributed by atoms with Crippen LogP contribution in [0.4, 0.5) is 0 Å². The highest BCUT2D eigenvalue weighted by molar-refractivity contribution is 7.99. The smallest absolute Gasteiger partial charge is 0.197 e. The second-order valence-electron chi connectivity index (χ2n) is 5.53. The lowest BCUT2D eigenvalue weighted by atomic mass is 10.3. The predicted molar refractivity (Wildman–Crippen MR) is 76.5 cm³/mol. The monoisotopic (exact) mass is 287 g/mol. The molecule has 20 heavy (non-hydrogen) atoms. The van der Waals surface area contributed by atoms with Crippen LogP contribution >= 0.6 is 11.8 Å². The topological polar surface area (TPSA) is 69.6 Å². The molecule has 2 aromatic heterocycles. The maximum atomic E-state index is 5.59. The summed E-state index contributed by atoms with van der Waals surface area (Å²) in [6.45, 7) is 0.530. The first-order valence-corrected chi connectivity index (χ1v) is 7.94. The Labute approximate surface area is 122 Å². The zero-order valence-electron chi connectivity index (χ0n) is 11.2. The standard InChI is InChI=1S/C14H17N5S/c15-7-9-1-6-12(16-8-9)20-14-18-17-13(10-2-3-10)19(14)11-4-5-11/h1,6,8,10-11H,2-5,7,15H2. The Morgan fingerprint density at radius 3 is 2.65 bits per heavy atom. The maximum Gasteiger partial charge on any atom is 0.197 e. The van der Waals surface area contributed by atoms with Gasteiger partial charge in [0, 0.05) is 24.7 Å². The van der Waals surface area contributed by atoms with E-state index < -0.39 is 0 Å². The van der Waals surface area contributed by atoms with Crippen molar-refractivity contribution in [2.45, 2.75) is 54.4 Å². The van der Waals surface area contributed by atoms with Crippen LogP contribution in [0.5, 0.6) is 0 Å². The Kier molecular flexibility index (Phi) is 3.00. The van der Waals surface area contributed by atoms with Crippen molar-refractivity contribution in [1.82, 2.24) is 19.7 Å². The molecule has 2 saturated carbocycles. The molecular weight excluding hydrogens is 270 g/mol. The fourth-order valence-electron chi connectivity index (χ4n) is 2.34. The molecule has 2 heterocycles. The highest BCUT2D eigenvalue weighted by atomic mass is 32.2. The van der Waals surface area contributed by atoms with Gasteiger partial charge in [-0.05, 0) is 49.1 Å². The summed E-state index contributed by atoms with van der Waals surface area (Å²) in [5, 5.41) is 10.7. The lowest BCUT2D eigenvalue weighted by molar-refractivity contribution is 0.626. The predicted octanol–water partition coefficient (Wildman–Crippen LogP) is 2.50. The first-order chi connectivity index (χ1) is 9.85. The molecule has 6 heteroatoms. The van der Waals surface area contributed by atoms with Crippen molar-refractivity contribution in [2.24, 2.45) is 5.73 Å². The second-order valence-corrected chi connectivity index (χ2v) is 6.51. The third-order valence-electron chi connectivity index (χ3n) is 3.77. The fourth-order valence-corrected chi connectivity index (χ4v) is 3.19. The van der Waals surface area contributed by atoms with Gasteiger partial charge >= 0.3 is 0 Å². The molecule has 2 aliphatic carbocycles. The Hall–Kier alpha value is -1.40. The van der Waals surface area contributed by atoms with Crippen molar-refractivity contribution in [3.05, 3.63) is 29.7 Å². The van der Waals surface area contributed by atoms with E-state index in [4.69, 9.17) is 5.73 Å². The van der Waals surface area contributed by atoms with E-state index in [-0.39, 0.29) is 0 Å². The lowest BCUT2D eigenvalue weighted by Crippen LogP contribution is -2.02. The number of hydrogen-bond acceptors (Lipinski definition) is 5. The minimum absolute atomic E-state index is 0.530. The van der Waals surface area contributed by atoms with Gasteiger partial charge in [0.25, 0.3) is 0 Å². The highest BCUT2D eigenvalue weighted by Crippen LogP contribution is 2.46. The molecule has 0 radical (unpaired) electrons. The summed E-state index contributed by atoms with van der Waals surface area (Å²) in [6, 6.07) is 4.65. The molecule has 5 nitrogen and oxygen atoms in total. The van der Waals surface area contributed by atoms with E-state index >= 15 is 0 Å². The average molecular weight is 287 g/mol. The molecule has 4 rings (SSSR count). The van der Waals surface area contributed by atoms with E-state index in [9.17, 15) is 0 Å². The summed E-state index contributed by atoms with van der Waals surface area (Å²) in [5.41, 5.74) is 6.65. The zero-order valence-corrected chi connectivity index (χ0v) is 12.0. The molecule has 2 fully saturated rings. The van der Waals surface area contributed by atoms with E-state index in [0.29, 0.717) is 18.5 Å². The first kappa shape index (κ1) is 12.3. The van der Waals surface area contributed by atoms with Crippen LogP contribution in [0.15, 0.2) is 28.5 Å². The number of nitrogens with two attached hydrogens (primary N) is 1. The molecule has 0 spiro atoms. The van der Waals surface area contributed by atoms with Gasteiger partial charge in [0.1, 0.15) is 10.9 Å². The van der Waals surface area contributed by atoms with E-state index in [1.54, 1.807) is 11.8 Å². The van der Waals surface area contributed by atoms with Gasteiger partial charge in [0.05, 0.1) is 0 Å². The number of pyridine rings is 1. The van der Waals surface area contributed by atoms with Gasteiger partial charge in [-0.2, -0.15) is 0 Å². The first-order valence-electron chi connectivity index (χ1n) is 7.13. The molecule has 0 atom stereocenters. The summed E-state index contributed by atoms with van der Waals surface area (Å²) in [7, 11) is 0. The molecule has 0 bridgehead atoms. The normalized spacial score (nSPS) is 18.4. The zero-order chi connectivity index (χ0) is 13.5. The Morgan fingerprint density at radius 2 is 2.05 bits per heavy atom. The van der Waals surface area contributed by atoms with E-state index in [0.717, 1.165) is 15.7 Å². The third kappa shape index (κ3) is 2.33. The minimum Gasteiger partial charge on any atom is -0.326 e. The van der Waals surface area contributed by atoms with E-state index in [1.807, 2.05) is 18.3 Å². The van der Waals surface area contributed by atoms with Crippen molar-refractivity contribution < 1.29 is 0 Å². The molecule has 0 unspecified atom stereocenters. The van der Waals surface area contributed by atoms with Crippen molar-refractivity contribution in [3.8, 4) is 0 Å². The van der Waals surface area contributed by atoms with Gasteiger partial charge in [-0.15, -0.1) is 10.2 Å². The van der Waals surface area contributed by atoms with Crippen LogP contribution < -0.4 is 5.73 Å². The van der Waals surface area contributed by atoms with Gasteiger partial charge in [0.2, 0.25) is 0 Å². The van der Waals surface area contributed by atoms with E-state index in [2.05, 4.69) is 19.7 Å². The summed E-state index contributed by atoms with van der Waals surface area (Å²) in [5.74, 6) is 1.83. The number of hydrogen-bond donors (Lipinski definition) is 1. The van der Waals surface area contributed by atoms with Crippen molar-refractivity contribution >= 4 is 11.8 Å². The molecular formula is C14H17N5S. The van der Waals surface area contributed by atoms with Crippen LogP contribution in [0.1, 0.15) is 49.0 Å². The van der Waals surface area contributed by atoms with Crippen LogP contribution in [0, 0.1) is 0 Å². The third-order valence-corrected chi connectivity index (χ3v) is 4.69. The molecule has 2 N–H and O–H groups in total. The van der Waals surface area contributed by atoms with Gasteiger partial charge in [-0.3, -0.25) is 0 Å².